The number of aliphatic imine (C=N–C) groups is 1. The van der Waals surface area contributed by atoms with Gasteiger partial charge in [-0.1, -0.05) is 44.2 Å². The molecule has 3 nitrogen and oxygen atoms in total. The van der Waals surface area contributed by atoms with E-state index in [-0.39, 0.29) is 0 Å². The first-order chi connectivity index (χ1) is 9.16. The normalized spacial score (nSPS) is 14.9. The van der Waals surface area contributed by atoms with Crippen molar-refractivity contribution < 1.29 is 0 Å². The average molecular weight is 259 g/mol. The Morgan fingerprint density at radius 2 is 2.05 bits per heavy atom. The summed E-state index contributed by atoms with van der Waals surface area (Å²) < 4.78 is 0. The molecule has 0 saturated carbocycles. The van der Waals surface area contributed by atoms with E-state index < -0.39 is 0 Å². The molecule has 104 valence electrons. The quantitative estimate of drug-likeness (QED) is 0.824. The molecule has 1 aliphatic heterocycles. The van der Waals surface area contributed by atoms with Crippen LogP contribution in [0.1, 0.15) is 32.3 Å². The van der Waals surface area contributed by atoms with E-state index in [1.807, 2.05) is 0 Å². The summed E-state index contributed by atoms with van der Waals surface area (Å²) in [5.74, 6) is 0.969. The largest absolute Gasteiger partial charge is 0.356 e. The van der Waals surface area contributed by atoms with Gasteiger partial charge >= 0.3 is 0 Å². The standard InChI is InChI=1S/C16H25N3/c1-16(2,13-19-15-17-11-12-18-15)10-6-9-14-7-4-3-5-8-14/h3-5,7-8H,6,9-13H2,1-2H3,(H2,17,18,19). The lowest BCUT2D eigenvalue weighted by molar-refractivity contribution is 0.323. The van der Waals surface area contributed by atoms with Crippen LogP contribution in [0.15, 0.2) is 35.3 Å². The highest BCUT2D eigenvalue weighted by Crippen LogP contribution is 2.22. The maximum absolute atomic E-state index is 4.36. The molecule has 0 bridgehead atoms. The van der Waals surface area contributed by atoms with Gasteiger partial charge in [0.15, 0.2) is 5.96 Å². The highest BCUT2D eigenvalue weighted by molar-refractivity contribution is 5.81. The van der Waals surface area contributed by atoms with E-state index in [2.05, 4.69) is 59.8 Å². The first-order valence-electron chi connectivity index (χ1n) is 7.22. The first kappa shape index (κ1) is 13.9. The summed E-state index contributed by atoms with van der Waals surface area (Å²) >= 11 is 0. The predicted molar refractivity (Wildman–Crippen MR) is 81.5 cm³/mol. The lowest BCUT2D eigenvalue weighted by Crippen LogP contribution is -2.39. The molecule has 0 radical (unpaired) electrons. The molecule has 0 fully saturated rings. The number of benzene rings is 1. The maximum Gasteiger partial charge on any atom is 0.191 e. The van der Waals surface area contributed by atoms with E-state index in [0.717, 1.165) is 25.6 Å². The fraction of sp³-hybridized carbons (Fsp3) is 0.562. The van der Waals surface area contributed by atoms with Gasteiger partial charge in [0.05, 0.1) is 6.54 Å². The molecule has 3 heteroatoms. The van der Waals surface area contributed by atoms with Crippen LogP contribution < -0.4 is 10.6 Å². The van der Waals surface area contributed by atoms with E-state index in [1.54, 1.807) is 0 Å². The van der Waals surface area contributed by atoms with Gasteiger partial charge in [0.25, 0.3) is 0 Å². The summed E-state index contributed by atoms with van der Waals surface area (Å²) in [6.45, 7) is 7.49. The summed E-state index contributed by atoms with van der Waals surface area (Å²) in [5.41, 5.74) is 1.75. The molecule has 0 unspecified atom stereocenters. The fourth-order valence-corrected chi connectivity index (χ4v) is 2.34. The Morgan fingerprint density at radius 3 is 2.74 bits per heavy atom. The smallest absolute Gasteiger partial charge is 0.191 e. The van der Waals surface area contributed by atoms with Gasteiger partial charge < -0.3 is 10.6 Å². The number of hydrogen-bond donors (Lipinski definition) is 2. The lowest BCUT2D eigenvalue weighted by atomic mass is 9.86. The monoisotopic (exact) mass is 259 g/mol. The van der Waals surface area contributed by atoms with Gasteiger partial charge in [-0.3, -0.25) is 4.99 Å². The van der Waals surface area contributed by atoms with Crippen LogP contribution >= 0.6 is 0 Å². The van der Waals surface area contributed by atoms with Gasteiger partial charge in [0.1, 0.15) is 0 Å². The Balaban J connectivity index is 1.68. The van der Waals surface area contributed by atoms with E-state index in [0.29, 0.717) is 5.41 Å². The Hall–Kier alpha value is -1.51. The van der Waals surface area contributed by atoms with E-state index in [1.165, 1.54) is 24.8 Å². The van der Waals surface area contributed by atoms with Crippen molar-refractivity contribution in [1.82, 2.24) is 10.6 Å². The summed E-state index contributed by atoms with van der Waals surface area (Å²) in [7, 11) is 0. The summed E-state index contributed by atoms with van der Waals surface area (Å²) in [6.07, 6.45) is 3.63. The first-order valence-corrected chi connectivity index (χ1v) is 7.22. The summed E-state index contributed by atoms with van der Waals surface area (Å²) in [6, 6.07) is 10.7. The molecule has 1 aliphatic rings. The molecule has 19 heavy (non-hydrogen) atoms. The van der Waals surface area contributed by atoms with Crippen molar-refractivity contribution in [3.8, 4) is 0 Å². The van der Waals surface area contributed by atoms with Gasteiger partial charge in [-0.15, -0.1) is 0 Å². The van der Waals surface area contributed by atoms with Crippen LogP contribution in [0.25, 0.3) is 0 Å². The SMILES string of the molecule is CC(C)(CCCc1ccccc1)CNC1=NCCN1. The molecule has 1 aromatic rings. The second-order valence-corrected chi connectivity index (χ2v) is 6.01. The van der Waals surface area contributed by atoms with Crippen LogP contribution in [-0.2, 0) is 6.42 Å². The second-order valence-electron chi connectivity index (χ2n) is 6.01. The lowest BCUT2D eigenvalue weighted by Gasteiger charge is -2.25. The van der Waals surface area contributed by atoms with Gasteiger partial charge in [-0.25, -0.2) is 0 Å². The molecule has 0 amide bonds. The predicted octanol–water partition coefficient (Wildman–Crippen LogP) is 2.58. The molecular weight excluding hydrogens is 234 g/mol. The number of nitrogens with zero attached hydrogens (tertiary/aromatic N) is 1. The Labute approximate surface area is 116 Å². The molecule has 1 aromatic carbocycles. The van der Waals surface area contributed by atoms with Crippen molar-refractivity contribution in [3.05, 3.63) is 35.9 Å². The van der Waals surface area contributed by atoms with Crippen molar-refractivity contribution in [3.63, 3.8) is 0 Å². The second kappa shape index (κ2) is 6.60. The highest BCUT2D eigenvalue weighted by atomic mass is 15.2. The van der Waals surface area contributed by atoms with Crippen LogP contribution in [0.3, 0.4) is 0 Å². The molecule has 0 aromatic heterocycles. The highest BCUT2D eigenvalue weighted by Gasteiger charge is 2.18. The van der Waals surface area contributed by atoms with E-state index in [4.69, 9.17) is 0 Å². The van der Waals surface area contributed by atoms with Crippen LogP contribution in [0.5, 0.6) is 0 Å². The van der Waals surface area contributed by atoms with Crippen molar-refractivity contribution >= 4 is 5.96 Å². The molecular formula is C16H25N3. The zero-order valence-corrected chi connectivity index (χ0v) is 12.1. The number of aryl methyl sites for hydroxylation is 1. The molecule has 0 atom stereocenters. The zero-order valence-electron chi connectivity index (χ0n) is 12.1. The van der Waals surface area contributed by atoms with Crippen LogP contribution in [0.4, 0.5) is 0 Å². The minimum atomic E-state index is 0.307. The van der Waals surface area contributed by atoms with Crippen molar-refractivity contribution in [2.45, 2.75) is 33.1 Å². The Kier molecular flexibility index (Phi) is 4.83. The molecule has 0 saturated heterocycles. The topological polar surface area (TPSA) is 36.4 Å². The molecule has 2 rings (SSSR count). The fourth-order valence-electron chi connectivity index (χ4n) is 2.34. The third-order valence-corrected chi connectivity index (χ3v) is 3.57. The molecule has 0 spiro atoms. The number of rotatable bonds is 6. The minimum Gasteiger partial charge on any atom is -0.356 e. The third-order valence-electron chi connectivity index (χ3n) is 3.57. The maximum atomic E-state index is 4.36. The molecule has 1 heterocycles. The third kappa shape index (κ3) is 4.93. The zero-order chi connectivity index (χ0) is 13.6. The van der Waals surface area contributed by atoms with Crippen molar-refractivity contribution in [2.75, 3.05) is 19.6 Å². The number of hydrogen-bond acceptors (Lipinski definition) is 3. The Bertz CT molecular complexity index is 409. The Morgan fingerprint density at radius 1 is 1.26 bits per heavy atom. The minimum absolute atomic E-state index is 0.307. The van der Waals surface area contributed by atoms with Crippen LogP contribution in [-0.4, -0.2) is 25.6 Å². The van der Waals surface area contributed by atoms with E-state index >= 15 is 0 Å². The van der Waals surface area contributed by atoms with Gasteiger partial charge in [-0.05, 0) is 30.2 Å². The molecule has 0 aliphatic carbocycles. The van der Waals surface area contributed by atoms with Crippen molar-refractivity contribution in [2.24, 2.45) is 10.4 Å². The molecule has 2 N–H and O–H groups in total. The van der Waals surface area contributed by atoms with Crippen molar-refractivity contribution in [1.29, 1.82) is 0 Å². The average Bonchev–Trinajstić information content (AvgIpc) is 2.91. The number of nitrogens with one attached hydrogen (secondary N) is 2. The van der Waals surface area contributed by atoms with Gasteiger partial charge in [0.2, 0.25) is 0 Å². The summed E-state index contributed by atoms with van der Waals surface area (Å²) in [4.78, 5) is 4.36. The van der Waals surface area contributed by atoms with E-state index in [9.17, 15) is 0 Å². The van der Waals surface area contributed by atoms with Crippen LogP contribution in [0, 0.1) is 5.41 Å². The number of guanidine groups is 1. The van der Waals surface area contributed by atoms with Crippen LogP contribution in [0.2, 0.25) is 0 Å². The van der Waals surface area contributed by atoms with Gasteiger partial charge in [-0.2, -0.15) is 0 Å². The van der Waals surface area contributed by atoms with Gasteiger partial charge in [0, 0.05) is 13.1 Å². The summed E-state index contributed by atoms with van der Waals surface area (Å²) in [5, 5.41) is 6.66.